The Morgan fingerprint density at radius 3 is 2.69 bits per heavy atom. The van der Waals surface area contributed by atoms with Gasteiger partial charge in [0.05, 0.1) is 10.2 Å². The van der Waals surface area contributed by atoms with Crippen LogP contribution in [0.15, 0.2) is 22.8 Å². The average molecular weight is 282 g/mol. The van der Waals surface area contributed by atoms with E-state index in [2.05, 4.69) is 26.0 Å². The Hall–Kier alpha value is -1.36. The first-order valence-electron chi connectivity index (χ1n) is 4.88. The van der Waals surface area contributed by atoms with Gasteiger partial charge in [0.15, 0.2) is 5.75 Å². The standard InChI is InChI=1S/C11H12BrN3O/c1-7-10(8(2)15(3)14-7)16-11-9(12)5-4-6-13-11/h4-6H,1-3H3. The van der Waals surface area contributed by atoms with Crippen molar-refractivity contribution < 1.29 is 4.74 Å². The maximum Gasteiger partial charge on any atom is 0.233 e. The molecule has 0 amide bonds. The lowest BCUT2D eigenvalue weighted by Crippen LogP contribution is -1.94. The van der Waals surface area contributed by atoms with Crippen LogP contribution in [-0.2, 0) is 7.05 Å². The van der Waals surface area contributed by atoms with E-state index in [-0.39, 0.29) is 0 Å². The first-order chi connectivity index (χ1) is 7.59. The van der Waals surface area contributed by atoms with E-state index in [9.17, 15) is 0 Å². The zero-order valence-electron chi connectivity index (χ0n) is 9.36. The van der Waals surface area contributed by atoms with E-state index in [1.54, 1.807) is 10.9 Å². The molecule has 2 aromatic heterocycles. The number of rotatable bonds is 2. The van der Waals surface area contributed by atoms with Crippen molar-refractivity contribution in [2.24, 2.45) is 7.05 Å². The van der Waals surface area contributed by atoms with Gasteiger partial charge in [0.1, 0.15) is 5.69 Å². The second-order valence-electron chi connectivity index (χ2n) is 3.52. The first-order valence-corrected chi connectivity index (χ1v) is 5.67. The lowest BCUT2D eigenvalue weighted by molar-refractivity contribution is 0.452. The number of hydrogen-bond acceptors (Lipinski definition) is 3. The van der Waals surface area contributed by atoms with Gasteiger partial charge in [0.25, 0.3) is 0 Å². The third-order valence-corrected chi connectivity index (χ3v) is 2.97. The number of hydrogen-bond donors (Lipinski definition) is 0. The summed E-state index contributed by atoms with van der Waals surface area (Å²) in [6.45, 7) is 3.88. The van der Waals surface area contributed by atoms with E-state index in [4.69, 9.17) is 4.74 Å². The molecule has 0 atom stereocenters. The van der Waals surface area contributed by atoms with Crippen molar-refractivity contribution in [1.82, 2.24) is 14.8 Å². The molecular weight excluding hydrogens is 270 g/mol. The Morgan fingerprint density at radius 1 is 1.38 bits per heavy atom. The van der Waals surface area contributed by atoms with E-state index in [0.29, 0.717) is 5.88 Å². The number of halogens is 1. The van der Waals surface area contributed by atoms with Gasteiger partial charge in [-0.25, -0.2) is 4.98 Å². The number of ether oxygens (including phenoxy) is 1. The van der Waals surface area contributed by atoms with Gasteiger partial charge in [-0.1, -0.05) is 0 Å². The quantitative estimate of drug-likeness (QED) is 0.850. The summed E-state index contributed by atoms with van der Waals surface area (Å²) >= 11 is 3.39. The molecule has 84 valence electrons. The fourth-order valence-electron chi connectivity index (χ4n) is 1.44. The Bertz CT molecular complexity index is 522. The van der Waals surface area contributed by atoms with Crippen molar-refractivity contribution in [1.29, 1.82) is 0 Å². The van der Waals surface area contributed by atoms with Crippen LogP contribution in [0.3, 0.4) is 0 Å². The second kappa shape index (κ2) is 4.25. The lowest BCUT2D eigenvalue weighted by Gasteiger charge is -2.06. The summed E-state index contributed by atoms with van der Waals surface area (Å²) in [4.78, 5) is 4.16. The number of pyridine rings is 1. The van der Waals surface area contributed by atoms with Crippen molar-refractivity contribution in [2.75, 3.05) is 0 Å². The van der Waals surface area contributed by atoms with E-state index >= 15 is 0 Å². The van der Waals surface area contributed by atoms with Crippen LogP contribution >= 0.6 is 15.9 Å². The average Bonchev–Trinajstić information content (AvgIpc) is 2.48. The SMILES string of the molecule is Cc1nn(C)c(C)c1Oc1ncccc1Br. The summed E-state index contributed by atoms with van der Waals surface area (Å²) in [5.41, 5.74) is 1.84. The van der Waals surface area contributed by atoms with Crippen LogP contribution < -0.4 is 4.74 Å². The van der Waals surface area contributed by atoms with Gasteiger partial charge in [-0.3, -0.25) is 4.68 Å². The Morgan fingerprint density at radius 2 is 2.12 bits per heavy atom. The van der Waals surface area contributed by atoms with E-state index in [0.717, 1.165) is 21.6 Å². The molecule has 0 aromatic carbocycles. The van der Waals surface area contributed by atoms with Crippen LogP contribution in [0.4, 0.5) is 0 Å². The molecule has 0 bridgehead atoms. The highest BCUT2D eigenvalue weighted by molar-refractivity contribution is 9.10. The predicted octanol–water partition coefficient (Wildman–Crippen LogP) is 2.99. The lowest BCUT2D eigenvalue weighted by atomic mass is 10.3. The Balaban J connectivity index is 2.38. The second-order valence-corrected chi connectivity index (χ2v) is 4.37. The highest BCUT2D eigenvalue weighted by Crippen LogP contribution is 2.30. The summed E-state index contributed by atoms with van der Waals surface area (Å²) in [6.07, 6.45) is 1.70. The fourth-order valence-corrected chi connectivity index (χ4v) is 1.78. The molecule has 0 unspecified atom stereocenters. The summed E-state index contributed by atoms with van der Waals surface area (Å²) in [5, 5.41) is 4.29. The summed E-state index contributed by atoms with van der Waals surface area (Å²) < 4.78 is 8.37. The first kappa shape index (κ1) is 11.1. The predicted molar refractivity (Wildman–Crippen MR) is 64.7 cm³/mol. The summed E-state index contributed by atoms with van der Waals surface area (Å²) in [6, 6.07) is 3.74. The summed E-state index contributed by atoms with van der Waals surface area (Å²) in [5.74, 6) is 1.32. The Kier molecular flexibility index (Phi) is 2.96. The van der Waals surface area contributed by atoms with Gasteiger partial charge in [-0.15, -0.1) is 0 Å². The molecule has 2 rings (SSSR count). The molecule has 2 heterocycles. The molecule has 0 aliphatic rings. The Labute approximate surface area is 102 Å². The van der Waals surface area contributed by atoms with Gasteiger partial charge in [-0.2, -0.15) is 5.10 Å². The van der Waals surface area contributed by atoms with Gasteiger partial charge >= 0.3 is 0 Å². The monoisotopic (exact) mass is 281 g/mol. The van der Waals surface area contributed by atoms with E-state index in [1.807, 2.05) is 33.0 Å². The molecule has 5 heteroatoms. The molecule has 4 nitrogen and oxygen atoms in total. The van der Waals surface area contributed by atoms with Crippen molar-refractivity contribution in [2.45, 2.75) is 13.8 Å². The molecule has 0 saturated carbocycles. The fraction of sp³-hybridized carbons (Fsp3) is 0.273. The topological polar surface area (TPSA) is 39.9 Å². The molecule has 0 saturated heterocycles. The molecule has 16 heavy (non-hydrogen) atoms. The minimum atomic E-state index is 0.557. The van der Waals surface area contributed by atoms with Gasteiger partial charge in [0, 0.05) is 13.2 Å². The van der Waals surface area contributed by atoms with Crippen molar-refractivity contribution in [3.8, 4) is 11.6 Å². The van der Waals surface area contributed by atoms with Crippen LogP contribution in [0.25, 0.3) is 0 Å². The van der Waals surface area contributed by atoms with Crippen LogP contribution in [0.2, 0.25) is 0 Å². The molecule has 0 radical (unpaired) electrons. The maximum atomic E-state index is 5.75. The molecule has 2 aromatic rings. The third kappa shape index (κ3) is 1.95. The van der Waals surface area contributed by atoms with E-state index < -0.39 is 0 Å². The highest BCUT2D eigenvalue weighted by atomic mass is 79.9. The van der Waals surface area contributed by atoms with Gasteiger partial charge in [-0.05, 0) is 41.9 Å². The molecule has 0 fully saturated rings. The molecule has 0 spiro atoms. The highest BCUT2D eigenvalue weighted by Gasteiger charge is 2.13. The number of aryl methyl sites for hydroxylation is 2. The number of aromatic nitrogens is 3. The van der Waals surface area contributed by atoms with Gasteiger partial charge < -0.3 is 4.74 Å². The molecule has 0 aliphatic heterocycles. The zero-order valence-corrected chi connectivity index (χ0v) is 10.9. The van der Waals surface area contributed by atoms with Crippen LogP contribution in [0.1, 0.15) is 11.4 Å². The van der Waals surface area contributed by atoms with E-state index in [1.165, 1.54) is 0 Å². The van der Waals surface area contributed by atoms with Crippen molar-refractivity contribution >= 4 is 15.9 Å². The van der Waals surface area contributed by atoms with Crippen LogP contribution in [-0.4, -0.2) is 14.8 Å². The van der Waals surface area contributed by atoms with Crippen LogP contribution in [0.5, 0.6) is 11.6 Å². The molecule has 0 N–H and O–H groups in total. The normalized spacial score (nSPS) is 10.5. The molecular formula is C11H12BrN3O. The van der Waals surface area contributed by atoms with Crippen LogP contribution in [0, 0.1) is 13.8 Å². The zero-order chi connectivity index (χ0) is 11.7. The number of nitrogens with zero attached hydrogens (tertiary/aromatic N) is 3. The maximum absolute atomic E-state index is 5.75. The van der Waals surface area contributed by atoms with Gasteiger partial charge in [0.2, 0.25) is 5.88 Å². The molecule has 0 aliphatic carbocycles. The minimum Gasteiger partial charge on any atom is -0.434 e. The van der Waals surface area contributed by atoms with Crippen molar-refractivity contribution in [3.05, 3.63) is 34.2 Å². The minimum absolute atomic E-state index is 0.557. The summed E-state index contributed by atoms with van der Waals surface area (Å²) in [7, 11) is 1.89. The smallest absolute Gasteiger partial charge is 0.233 e. The largest absolute Gasteiger partial charge is 0.434 e. The van der Waals surface area contributed by atoms with Crippen molar-refractivity contribution in [3.63, 3.8) is 0 Å². The third-order valence-electron chi connectivity index (χ3n) is 2.37.